The van der Waals surface area contributed by atoms with Gasteiger partial charge >= 0.3 is 6.18 Å². The van der Waals surface area contributed by atoms with Crippen LogP contribution in [0, 0.1) is 0 Å². The zero-order valence-corrected chi connectivity index (χ0v) is 12.7. The third-order valence-electron chi connectivity index (χ3n) is 3.74. The third-order valence-corrected chi connectivity index (χ3v) is 3.74. The Balaban J connectivity index is 1.49. The number of benzene rings is 1. The minimum absolute atomic E-state index is 0.186. The lowest BCUT2D eigenvalue weighted by molar-refractivity contribution is -0.196. The maximum Gasteiger partial charge on any atom is 0.411 e. The van der Waals surface area contributed by atoms with Gasteiger partial charge in [-0.05, 0) is 17.7 Å². The highest BCUT2D eigenvalue weighted by Gasteiger charge is 2.36. The Morgan fingerprint density at radius 2 is 1.96 bits per heavy atom. The van der Waals surface area contributed by atoms with Crippen LogP contribution in [0.15, 0.2) is 43.0 Å². The molecule has 1 aliphatic heterocycles. The molecule has 128 valence electrons. The number of likely N-dealkylation sites (tertiary alicyclic amines) is 1. The van der Waals surface area contributed by atoms with E-state index in [0.29, 0.717) is 12.1 Å². The Kier molecular flexibility index (Phi) is 4.57. The van der Waals surface area contributed by atoms with Gasteiger partial charge in [0.25, 0.3) is 5.91 Å². The van der Waals surface area contributed by atoms with Gasteiger partial charge in [-0.25, -0.2) is 4.98 Å². The monoisotopic (exact) mass is 339 g/mol. The number of imidazole rings is 1. The number of carbonyl (C=O) groups excluding carboxylic acids is 1. The molecule has 1 saturated heterocycles. The summed E-state index contributed by atoms with van der Waals surface area (Å²) in [4.78, 5) is 17.7. The molecule has 0 spiro atoms. The van der Waals surface area contributed by atoms with Crippen molar-refractivity contribution < 1.29 is 22.7 Å². The molecule has 0 saturated carbocycles. The number of carbonyl (C=O) groups is 1. The molecule has 2 aromatic rings. The van der Waals surface area contributed by atoms with Crippen molar-refractivity contribution in [2.45, 2.75) is 18.8 Å². The number of nitrogens with zero attached hydrogens (tertiary/aromatic N) is 3. The molecular formula is C16H16F3N3O2. The van der Waals surface area contributed by atoms with E-state index >= 15 is 0 Å². The van der Waals surface area contributed by atoms with Gasteiger partial charge in [0, 0.05) is 37.6 Å². The molecule has 0 bridgehead atoms. The fourth-order valence-corrected chi connectivity index (χ4v) is 2.45. The molecule has 1 aliphatic rings. The van der Waals surface area contributed by atoms with Crippen molar-refractivity contribution in [3.8, 4) is 0 Å². The van der Waals surface area contributed by atoms with Crippen molar-refractivity contribution in [2.75, 3.05) is 19.7 Å². The predicted molar refractivity (Wildman–Crippen MR) is 79.5 cm³/mol. The number of ether oxygens (including phenoxy) is 1. The fourth-order valence-electron chi connectivity index (χ4n) is 2.45. The second kappa shape index (κ2) is 6.64. The molecule has 1 aromatic heterocycles. The van der Waals surface area contributed by atoms with E-state index in [-0.39, 0.29) is 19.0 Å². The van der Waals surface area contributed by atoms with E-state index in [1.54, 1.807) is 24.7 Å². The Morgan fingerprint density at radius 3 is 2.54 bits per heavy atom. The third kappa shape index (κ3) is 4.14. The number of amides is 1. The largest absolute Gasteiger partial charge is 0.411 e. The standard InChI is InChI=1S/C16H16F3N3O2/c17-16(18,19)10-24-14-8-22(9-14)15(23)13-3-1-12(2-4-13)7-21-6-5-20-11-21/h1-6,11,14H,7-10H2. The molecule has 0 N–H and O–H groups in total. The van der Waals surface area contributed by atoms with Crippen molar-refractivity contribution in [3.05, 3.63) is 54.1 Å². The normalized spacial score (nSPS) is 15.4. The van der Waals surface area contributed by atoms with Gasteiger partial charge < -0.3 is 14.2 Å². The van der Waals surface area contributed by atoms with E-state index in [1.807, 2.05) is 22.9 Å². The Bertz CT molecular complexity index is 678. The average molecular weight is 339 g/mol. The molecule has 0 radical (unpaired) electrons. The van der Waals surface area contributed by atoms with E-state index < -0.39 is 18.9 Å². The summed E-state index contributed by atoms with van der Waals surface area (Å²) in [7, 11) is 0. The van der Waals surface area contributed by atoms with Crippen molar-refractivity contribution in [2.24, 2.45) is 0 Å². The fraction of sp³-hybridized carbons (Fsp3) is 0.375. The summed E-state index contributed by atoms with van der Waals surface area (Å²) in [6.07, 6.45) is 0.366. The Hall–Kier alpha value is -2.35. The lowest BCUT2D eigenvalue weighted by atomic mass is 10.1. The van der Waals surface area contributed by atoms with Gasteiger partial charge in [0.2, 0.25) is 0 Å². The molecule has 8 heteroatoms. The molecule has 3 rings (SSSR count). The van der Waals surface area contributed by atoms with Gasteiger partial charge in [-0.2, -0.15) is 13.2 Å². The highest BCUT2D eigenvalue weighted by Crippen LogP contribution is 2.20. The number of alkyl halides is 3. The van der Waals surface area contributed by atoms with Crippen LogP contribution in [0.3, 0.4) is 0 Å². The first-order valence-corrected chi connectivity index (χ1v) is 7.43. The van der Waals surface area contributed by atoms with E-state index in [0.717, 1.165) is 5.56 Å². The molecule has 0 aliphatic carbocycles. The molecule has 0 atom stereocenters. The summed E-state index contributed by atoms with van der Waals surface area (Å²) in [5.41, 5.74) is 1.54. The van der Waals surface area contributed by atoms with E-state index in [2.05, 4.69) is 4.98 Å². The summed E-state index contributed by atoms with van der Waals surface area (Å²) >= 11 is 0. The molecule has 0 unspecified atom stereocenters. The van der Waals surface area contributed by atoms with Gasteiger partial charge in [0.15, 0.2) is 0 Å². The highest BCUT2D eigenvalue weighted by molar-refractivity contribution is 5.94. The molecule has 24 heavy (non-hydrogen) atoms. The summed E-state index contributed by atoms with van der Waals surface area (Å²) in [6, 6.07) is 7.15. The molecule has 1 fully saturated rings. The smallest absolute Gasteiger partial charge is 0.365 e. The number of halogens is 3. The summed E-state index contributed by atoms with van der Waals surface area (Å²) < 4.78 is 42.8. The Morgan fingerprint density at radius 1 is 1.25 bits per heavy atom. The second-order valence-corrected chi connectivity index (χ2v) is 5.69. The first-order valence-electron chi connectivity index (χ1n) is 7.43. The zero-order valence-electron chi connectivity index (χ0n) is 12.7. The number of hydrogen-bond donors (Lipinski definition) is 0. The van der Waals surface area contributed by atoms with E-state index in [4.69, 9.17) is 4.74 Å². The molecule has 1 amide bonds. The van der Waals surface area contributed by atoms with Crippen LogP contribution < -0.4 is 0 Å². The first-order chi connectivity index (χ1) is 11.4. The molecule has 1 aromatic carbocycles. The lowest BCUT2D eigenvalue weighted by Gasteiger charge is -2.39. The van der Waals surface area contributed by atoms with Gasteiger partial charge in [0.05, 0.1) is 12.4 Å². The Labute approximate surface area is 136 Å². The van der Waals surface area contributed by atoms with Crippen molar-refractivity contribution in [1.82, 2.24) is 14.5 Å². The van der Waals surface area contributed by atoms with Crippen LogP contribution in [0.1, 0.15) is 15.9 Å². The molecule has 5 nitrogen and oxygen atoms in total. The summed E-state index contributed by atoms with van der Waals surface area (Å²) in [5, 5.41) is 0. The highest BCUT2D eigenvalue weighted by atomic mass is 19.4. The van der Waals surface area contributed by atoms with E-state index in [9.17, 15) is 18.0 Å². The minimum Gasteiger partial charge on any atom is -0.365 e. The lowest BCUT2D eigenvalue weighted by Crippen LogP contribution is -2.55. The zero-order chi connectivity index (χ0) is 17.2. The topological polar surface area (TPSA) is 47.4 Å². The van der Waals surface area contributed by atoms with E-state index in [1.165, 1.54) is 4.90 Å². The van der Waals surface area contributed by atoms with Gasteiger partial charge in [-0.15, -0.1) is 0 Å². The van der Waals surface area contributed by atoms with Gasteiger partial charge in [-0.3, -0.25) is 4.79 Å². The average Bonchev–Trinajstić information content (AvgIpc) is 2.98. The molecule has 2 heterocycles. The van der Waals surface area contributed by atoms with Crippen LogP contribution >= 0.6 is 0 Å². The van der Waals surface area contributed by atoms with Crippen molar-refractivity contribution >= 4 is 5.91 Å². The summed E-state index contributed by atoms with van der Waals surface area (Å²) in [6.45, 7) is -0.244. The van der Waals surface area contributed by atoms with Crippen LogP contribution in [0.5, 0.6) is 0 Å². The second-order valence-electron chi connectivity index (χ2n) is 5.69. The quantitative estimate of drug-likeness (QED) is 0.840. The van der Waals surface area contributed by atoms with Crippen LogP contribution in [-0.4, -0.2) is 52.3 Å². The first kappa shape index (κ1) is 16.5. The number of hydrogen-bond acceptors (Lipinski definition) is 3. The maximum atomic E-state index is 12.2. The number of aromatic nitrogens is 2. The van der Waals surface area contributed by atoms with Crippen LogP contribution in [0.25, 0.3) is 0 Å². The molecular weight excluding hydrogens is 323 g/mol. The summed E-state index contributed by atoms with van der Waals surface area (Å²) in [5.74, 6) is -0.198. The van der Waals surface area contributed by atoms with Crippen molar-refractivity contribution in [1.29, 1.82) is 0 Å². The maximum absolute atomic E-state index is 12.2. The SMILES string of the molecule is O=C(c1ccc(Cn2ccnc2)cc1)N1CC(OCC(F)(F)F)C1. The van der Waals surface area contributed by atoms with Crippen molar-refractivity contribution in [3.63, 3.8) is 0 Å². The number of rotatable bonds is 5. The predicted octanol–water partition coefficient (Wildman–Crippen LogP) is 2.33. The minimum atomic E-state index is -4.34. The van der Waals surface area contributed by atoms with Crippen LogP contribution in [-0.2, 0) is 11.3 Å². The van der Waals surface area contributed by atoms with Crippen LogP contribution in [0.4, 0.5) is 13.2 Å². The van der Waals surface area contributed by atoms with Gasteiger partial charge in [-0.1, -0.05) is 12.1 Å². The van der Waals surface area contributed by atoms with Crippen LogP contribution in [0.2, 0.25) is 0 Å². The van der Waals surface area contributed by atoms with Gasteiger partial charge in [0.1, 0.15) is 6.61 Å².